The molecule has 18 heavy (non-hydrogen) atoms. The summed E-state index contributed by atoms with van der Waals surface area (Å²) in [5.74, 6) is -0.475. The van der Waals surface area contributed by atoms with Crippen molar-refractivity contribution in [3.05, 3.63) is 28.8 Å². The second-order valence-electron chi connectivity index (χ2n) is 4.18. The third kappa shape index (κ3) is 2.48. The van der Waals surface area contributed by atoms with E-state index in [0.29, 0.717) is 29.4 Å². The van der Waals surface area contributed by atoms with Gasteiger partial charge in [-0.25, -0.2) is 0 Å². The summed E-state index contributed by atoms with van der Waals surface area (Å²) in [6.45, 7) is 1.32. The maximum absolute atomic E-state index is 12.0. The Balaban J connectivity index is 2.17. The Hall–Kier alpha value is -1.55. The van der Waals surface area contributed by atoms with E-state index in [1.165, 1.54) is 13.2 Å². The Morgan fingerprint density at radius 2 is 1.94 bits per heavy atom. The quantitative estimate of drug-likeness (QED) is 0.623. The number of methoxy groups -OCH3 is 1. The number of halogens is 1. The van der Waals surface area contributed by atoms with Gasteiger partial charge in [0.05, 0.1) is 12.1 Å². The molecule has 0 atom stereocenters. The Morgan fingerprint density at radius 3 is 2.50 bits per heavy atom. The summed E-state index contributed by atoms with van der Waals surface area (Å²) >= 11 is 5.94. The number of hydrogen-bond acceptors (Lipinski definition) is 3. The molecule has 1 aromatic carbocycles. The summed E-state index contributed by atoms with van der Waals surface area (Å²) in [5, 5.41) is 0.331. The molecule has 1 aliphatic heterocycles. The molecule has 1 amide bonds. The van der Waals surface area contributed by atoms with Crippen molar-refractivity contribution in [2.24, 2.45) is 0 Å². The normalized spacial score (nSPS) is 14.7. The lowest BCUT2D eigenvalue weighted by Gasteiger charge is -2.14. The summed E-state index contributed by atoms with van der Waals surface area (Å²) < 4.78 is 5.00. The van der Waals surface area contributed by atoms with Crippen molar-refractivity contribution in [3.63, 3.8) is 0 Å². The van der Waals surface area contributed by atoms with E-state index < -0.39 is 11.7 Å². The van der Waals surface area contributed by atoms with E-state index in [-0.39, 0.29) is 0 Å². The van der Waals surface area contributed by atoms with Gasteiger partial charge in [0.25, 0.3) is 5.91 Å². The van der Waals surface area contributed by atoms with Crippen LogP contribution in [0.1, 0.15) is 23.2 Å². The van der Waals surface area contributed by atoms with Gasteiger partial charge >= 0.3 is 0 Å². The van der Waals surface area contributed by atoms with Crippen LogP contribution >= 0.6 is 11.6 Å². The first-order valence-corrected chi connectivity index (χ1v) is 6.18. The van der Waals surface area contributed by atoms with Gasteiger partial charge in [-0.05, 0) is 31.0 Å². The molecule has 0 aromatic heterocycles. The van der Waals surface area contributed by atoms with E-state index in [0.717, 1.165) is 12.8 Å². The third-order valence-corrected chi connectivity index (χ3v) is 3.30. The Bertz CT molecular complexity index is 481. The highest BCUT2D eigenvalue weighted by Crippen LogP contribution is 2.25. The molecular weight excluding hydrogens is 254 g/mol. The molecule has 1 fully saturated rings. The number of carbonyl (C=O) groups is 2. The molecule has 0 aliphatic carbocycles. The van der Waals surface area contributed by atoms with Crippen LogP contribution in [0.15, 0.2) is 18.2 Å². The predicted molar refractivity (Wildman–Crippen MR) is 68.1 cm³/mol. The van der Waals surface area contributed by atoms with Crippen LogP contribution in [0.4, 0.5) is 0 Å². The molecule has 2 rings (SSSR count). The fraction of sp³-hybridized carbons (Fsp3) is 0.385. The molecular formula is C13H14ClNO3. The molecule has 1 aliphatic rings. The fourth-order valence-corrected chi connectivity index (χ4v) is 2.25. The highest BCUT2D eigenvalue weighted by atomic mass is 35.5. The molecule has 0 saturated carbocycles. The smallest absolute Gasteiger partial charge is 0.294 e. The SMILES string of the molecule is COc1ccc(C(=O)C(=O)N2CCCC2)cc1Cl. The number of ether oxygens (including phenoxy) is 1. The van der Waals surface area contributed by atoms with Gasteiger partial charge in [-0.2, -0.15) is 0 Å². The van der Waals surface area contributed by atoms with Gasteiger partial charge in [0, 0.05) is 18.7 Å². The van der Waals surface area contributed by atoms with Crippen molar-refractivity contribution in [3.8, 4) is 5.75 Å². The summed E-state index contributed by atoms with van der Waals surface area (Å²) in [6.07, 6.45) is 1.92. The Morgan fingerprint density at radius 1 is 1.28 bits per heavy atom. The first kappa shape index (κ1) is 12.9. The van der Waals surface area contributed by atoms with Crippen LogP contribution in [0, 0.1) is 0 Å². The van der Waals surface area contributed by atoms with E-state index in [9.17, 15) is 9.59 Å². The first-order chi connectivity index (χ1) is 8.63. The average Bonchev–Trinajstić information content (AvgIpc) is 2.90. The van der Waals surface area contributed by atoms with Gasteiger partial charge in [-0.15, -0.1) is 0 Å². The van der Waals surface area contributed by atoms with Gasteiger partial charge in [-0.1, -0.05) is 11.6 Å². The number of likely N-dealkylation sites (tertiary alicyclic amines) is 1. The van der Waals surface area contributed by atoms with Crippen LogP contribution in [0.25, 0.3) is 0 Å². The van der Waals surface area contributed by atoms with Crippen LogP contribution in [0.5, 0.6) is 5.75 Å². The number of nitrogens with zero attached hydrogens (tertiary/aromatic N) is 1. The highest BCUT2D eigenvalue weighted by Gasteiger charge is 2.25. The van der Waals surface area contributed by atoms with Crippen molar-refractivity contribution in [2.75, 3.05) is 20.2 Å². The Labute approximate surface area is 110 Å². The highest BCUT2D eigenvalue weighted by molar-refractivity contribution is 6.43. The van der Waals surface area contributed by atoms with Crippen molar-refractivity contribution < 1.29 is 14.3 Å². The molecule has 0 unspecified atom stereocenters. The van der Waals surface area contributed by atoms with Crippen LogP contribution < -0.4 is 4.74 Å². The summed E-state index contributed by atoms with van der Waals surface area (Å²) in [6, 6.07) is 4.62. The zero-order valence-corrected chi connectivity index (χ0v) is 10.9. The summed E-state index contributed by atoms with van der Waals surface area (Å²) in [5.41, 5.74) is 0.303. The van der Waals surface area contributed by atoms with Crippen LogP contribution in [-0.2, 0) is 4.79 Å². The standard InChI is InChI=1S/C13H14ClNO3/c1-18-11-5-4-9(8-10(11)14)12(16)13(17)15-6-2-3-7-15/h4-5,8H,2-3,6-7H2,1H3. The molecule has 4 nitrogen and oxygen atoms in total. The van der Waals surface area contributed by atoms with E-state index in [4.69, 9.17) is 16.3 Å². The minimum Gasteiger partial charge on any atom is -0.495 e. The Kier molecular flexibility index (Phi) is 3.87. The molecule has 1 heterocycles. The summed E-state index contributed by atoms with van der Waals surface area (Å²) in [7, 11) is 1.50. The molecule has 0 radical (unpaired) electrons. The number of ketones is 1. The maximum Gasteiger partial charge on any atom is 0.294 e. The van der Waals surface area contributed by atoms with Gasteiger partial charge < -0.3 is 9.64 Å². The maximum atomic E-state index is 12.0. The lowest BCUT2D eigenvalue weighted by atomic mass is 10.1. The van der Waals surface area contributed by atoms with Crippen molar-refractivity contribution in [1.82, 2.24) is 4.90 Å². The monoisotopic (exact) mass is 267 g/mol. The van der Waals surface area contributed by atoms with Crippen molar-refractivity contribution >= 4 is 23.3 Å². The molecule has 0 N–H and O–H groups in total. The van der Waals surface area contributed by atoms with E-state index in [1.54, 1.807) is 17.0 Å². The molecule has 5 heteroatoms. The first-order valence-electron chi connectivity index (χ1n) is 5.80. The summed E-state index contributed by atoms with van der Waals surface area (Å²) in [4.78, 5) is 25.5. The van der Waals surface area contributed by atoms with E-state index in [2.05, 4.69) is 0 Å². The van der Waals surface area contributed by atoms with Crippen molar-refractivity contribution in [2.45, 2.75) is 12.8 Å². The number of Topliss-reactive ketones (excluding diaryl/α,β-unsaturated/α-hetero) is 1. The zero-order valence-electron chi connectivity index (χ0n) is 10.1. The minimum absolute atomic E-state index is 0.303. The molecule has 1 aromatic rings. The van der Waals surface area contributed by atoms with Gasteiger partial charge in [-0.3, -0.25) is 9.59 Å². The number of amides is 1. The molecule has 1 saturated heterocycles. The second-order valence-corrected chi connectivity index (χ2v) is 4.58. The number of hydrogen-bond donors (Lipinski definition) is 0. The van der Waals surface area contributed by atoms with Crippen molar-refractivity contribution in [1.29, 1.82) is 0 Å². The lowest BCUT2D eigenvalue weighted by Crippen LogP contribution is -2.34. The van der Waals surface area contributed by atoms with Crippen LogP contribution in [-0.4, -0.2) is 36.8 Å². The molecule has 0 bridgehead atoms. The van der Waals surface area contributed by atoms with Crippen LogP contribution in [0.2, 0.25) is 5.02 Å². The van der Waals surface area contributed by atoms with Gasteiger partial charge in [0.1, 0.15) is 5.75 Å². The second kappa shape index (κ2) is 5.40. The van der Waals surface area contributed by atoms with E-state index >= 15 is 0 Å². The third-order valence-electron chi connectivity index (χ3n) is 3.00. The zero-order chi connectivity index (χ0) is 13.1. The van der Waals surface area contributed by atoms with E-state index in [1.807, 2.05) is 0 Å². The van der Waals surface area contributed by atoms with Gasteiger partial charge in [0.15, 0.2) is 0 Å². The number of benzene rings is 1. The number of rotatable bonds is 3. The molecule has 0 spiro atoms. The lowest BCUT2D eigenvalue weighted by molar-refractivity contribution is -0.125. The largest absolute Gasteiger partial charge is 0.495 e. The van der Waals surface area contributed by atoms with Gasteiger partial charge in [0.2, 0.25) is 5.78 Å². The average molecular weight is 268 g/mol. The molecule has 96 valence electrons. The minimum atomic E-state index is -0.513. The predicted octanol–water partition coefficient (Wildman–Crippen LogP) is 2.15. The van der Waals surface area contributed by atoms with Crippen LogP contribution in [0.3, 0.4) is 0 Å². The fourth-order valence-electron chi connectivity index (χ4n) is 1.99. The number of carbonyl (C=O) groups excluding carboxylic acids is 2. The topological polar surface area (TPSA) is 46.6 Å².